The fourth-order valence-corrected chi connectivity index (χ4v) is 4.06. The van der Waals surface area contributed by atoms with Gasteiger partial charge in [0.2, 0.25) is 0 Å². The lowest BCUT2D eigenvalue weighted by atomic mass is 9.62. The van der Waals surface area contributed by atoms with Crippen LogP contribution in [0.3, 0.4) is 0 Å². The molecule has 0 aromatic carbocycles. The highest BCUT2D eigenvalue weighted by Crippen LogP contribution is 2.49. The Hall–Kier alpha value is -0.770. The van der Waals surface area contributed by atoms with Crippen LogP contribution in [0.1, 0.15) is 53.4 Å². The third kappa shape index (κ3) is 2.54. The fraction of sp³-hybridized carbons (Fsp3) is 0.938. The van der Waals surface area contributed by atoms with Crippen molar-refractivity contribution in [1.29, 1.82) is 0 Å². The second-order valence-corrected chi connectivity index (χ2v) is 6.98. The Labute approximate surface area is 124 Å². The van der Waals surface area contributed by atoms with Crippen LogP contribution >= 0.6 is 0 Å². The van der Waals surface area contributed by atoms with E-state index in [-0.39, 0.29) is 5.54 Å². The second kappa shape index (κ2) is 5.92. The van der Waals surface area contributed by atoms with Gasteiger partial charge in [-0.25, -0.2) is 0 Å². The monoisotopic (exact) mass is 280 g/mol. The van der Waals surface area contributed by atoms with Crippen molar-refractivity contribution in [3.63, 3.8) is 0 Å². The Morgan fingerprint density at radius 1 is 1.20 bits per heavy atom. The summed E-state index contributed by atoms with van der Waals surface area (Å²) in [6.07, 6.45) is 5.19. The van der Waals surface area contributed by atoms with E-state index in [2.05, 4.69) is 42.5 Å². The fourth-order valence-electron chi connectivity index (χ4n) is 4.06. The van der Waals surface area contributed by atoms with Crippen molar-refractivity contribution >= 4 is 5.96 Å². The molecule has 0 aromatic rings. The van der Waals surface area contributed by atoms with Gasteiger partial charge < -0.3 is 15.5 Å². The van der Waals surface area contributed by atoms with Gasteiger partial charge in [-0.05, 0) is 31.3 Å². The van der Waals surface area contributed by atoms with E-state index in [9.17, 15) is 0 Å². The van der Waals surface area contributed by atoms with Gasteiger partial charge in [0, 0.05) is 13.1 Å². The van der Waals surface area contributed by atoms with E-state index in [4.69, 9.17) is 5.73 Å². The van der Waals surface area contributed by atoms with Gasteiger partial charge in [-0.3, -0.25) is 4.99 Å². The van der Waals surface area contributed by atoms with E-state index in [1.165, 1.54) is 25.7 Å². The maximum atomic E-state index is 6.23. The largest absolute Gasteiger partial charge is 0.370 e. The molecule has 2 aliphatic rings. The number of likely N-dealkylation sites (N-methyl/N-ethyl adjacent to an activating group) is 1. The summed E-state index contributed by atoms with van der Waals surface area (Å²) in [7, 11) is 0. The molecule has 1 spiro atoms. The van der Waals surface area contributed by atoms with Crippen molar-refractivity contribution in [2.24, 2.45) is 16.1 Å². The van der Waals surface area contributed by atoms with E-state index in [1.807, 2.05) is 0 Å². The minimum absolute atomic E-state index is 0.169. The van der Waals surface area contributed by atoms with Gasteiger partial charge in [0.25, 0.3) is 0 Å². The number of hydrogen-bond acceptors (Lipinski definition) is 4. The zero-order valence-electron chi connectivity index (χ0n) is 13.8. The molecule has 20 heavy (non-hydrogen) atoms. The van der Waals surface area contributed by atoms with Crippen molar-refractivity contribution in [2.45, 2.75) is 58.9 Å². The van der Waals surface area contributed by atoms with Crippen LogP contribution in [-0.2, 0) is 0 Å². The van der Waals surface area contributed by atoms with Crippen LogP contribution < -0.4 is 5.73 Å². The Kier molecular flexibility index (Phi) is 4.62. The minimum atomic E-state index is 0.169. The lowest BCUT2D eigenvalue weighted by Crippen LogP contribution is -2.62. The van der Waals surface area contributed by atoms with Crippen LogP contribution in [0, 0.1) is 5.41 Å². The van der Waals surface area contributed by atoms with Gasteiger partial charge in [0.05, 0.1) is 12.1 Å². The zero-order chi connectivity index (χ0) is 14.8. The molecule has 4 heteroatoms. The SMILES string of the molecule is CCN(CC)CCN1C(N)=NCC12CCCCC2(C)C. The van der Waals surface area contributed by atoms with Crippen LogP contribution in [0.25, 0.3) is 0 Å². The maximum absolute atomic E-state index is 6.23. The lowest BCUT2D eigenvalue weighted by molar-refractivity contribution is 0.00573. The second-order valence-electron chi connectivity index (χ2n) is 6.98. The number of rotatable bonds is 5. The van der Waals surface area contributed by atoms with E-state index < -0.39 is 0 Å². The number of hydrogen-bond donors (Lipinski definition) is 1. The molecule has 0 amide bonds. The summed E-state index contributed by atoms with van der Waals surface area (Å²) in [6.45, 7) is 14.5. The molecule has 116 valence electrons. The third-order valence-electron chi connectivity index (χ3n) is 5.73. The molecule has 1 aliphatic carbocycles. The van der Waals surface area contributed by atoms with Crippen LogP contribution in [-0.4, -0.2) is 54.0 Å². The number of nitrogens with two attached hydrogens (primary N) is 1. The van der Waals surface area contributed by atoms with Crippen LogP contribution in [0.15, 0.2) is 4.99 Å². The Morgan fingerprint density at radius 2 is 1.85 bits per heavy atom. The van der Waals surface area contributed by atoms with Crippen LogP contribution in [0.5, 0.6) is 0 Å². The molecule has 1 fully saturated rings. The third-order valence-corrected chi connectivity index (χ3v) is 5.73. The molecule has 1 atom stereocenters. The van der Waals surface area contributed by atoms with Gasteiger partial charge in [-0.15, -0.1) is 0 Å². The van der Waals surface area contributed by atoms with Crippen LogP contribution in [0.2, 0.25) is 0 Å². The average Bonchev–Trinajstić information content (AvgIpc) is 2.74. The van der Waals surface area contributed by atoms with E-state index in [0.29, 0.717) is 5.41 Å². The lowest BCUT2D eigenvalue weighted by Gasteiger charge is -2.53. The molecule has 2 N–H and O–H groups in total. The predicted molar refractivity (Wildman–Crippen MR) is 86.0 cm³/mol. The van der Waals surface area contributed by atoms with E-state index >= 15 is 0 Å². The molecule has 0 radical (unpaired) electrons. The molecule has 0 aromatic heterocycles. The Bertz CT molecular complexity index is 359. The molecular formula is C16H32N4. The zero-order valence-corrected chi connectivity index (χ0v) is 13.8. The molecule has 2 rings (SSSR count). The van der Waals surface area contributed by atoms with Crippen LogP contribution in [0.4, 0.5) is 0 Å². The molecule has 0 saturated heterocycles. The highest BCUT2D eigenvalue weighted by Gasteiger charge is 2.53. The first-order chi connectivity index (χ1) is 9.47. The summed E-state index contributed by atoms with van der Waals surface area (Å²) in [5.74, 6) is 0.770. The first-order valence-electron chi connectivity index (χ1n) is 8.27. The summed E-state index contributed by atoms with van der Waals surface area (Å²) in [5.41, 5.74) is 6.71. The van der Waals surface area contributed by atoms with Gasteiger partial charge >= 0.3 is 0 Å². The number of guanidine groups is 1. The van der Waals surface area contributed by atoms with Gasteiger partial charge in [0.1, 0.15) is 0 Å². The molecule has 1 aliphatic heterocycles. The first-order valence-corrected chi connectivity index (χ1v) is 8.27. The molecular weight excluding hydrogens is 248 g/mol. The highest BCUT2D eigenvalue weighted by atomic mass is 15.4. The topological polar surface area (TPSA) is 44.9 Å². The predicted octanol–water partition coefficient (Wildman–Crippen LogP) is 2.30. The molecule has 1 unspecified atom stereocenters. The molecule has 1 saturated carbocycles. The summed E-state index contributed by atoms with van der Waals surface area (Å²) < 4.78 is 0. The highest BCUT2D eigenvalue weighted by molar-refractivity contribution is 5.81. The van der Waals surface area contributed by atoms with Crippen molar-refractivity contribution in [2.75, 3.05) is 32.7 Å². The standard InChI is InChI=1S/C16H32N4/c1-5-19(6-2)11-12-20-14(17)18-13-16(20)10-8-7-9-15(16,3)4/h5-13H2,1-4H3,(H2,17,18). The molecule has 4 nitrogen and oxygen atoms in total. The van der Waals surface area contributed by atoms with Gasteiger partial charge in [-0.2, -0.15) is 0 Å². The summed E-state index contributed by atoms with van der Waals surface area (Å²) in [6, 6.07) is 0. The van der Waals surface area contributed by atoms with Crippen molar-refractivity contribution in [3.05, 3.63) is 0 Å². The van der Waals surface area contributed by atoms with E-state index in [1.54, 1.807) is 0 Å². The Morgan fingerprint density at radius 3 is 2.45 bits per heavy atom. The average molecular weight is 280 g/mol. The van der Waals surface area contributed by atoms with Gasteiger partial charge in [-0.1, -0.05) is 40.5 Å². The number of nitrogens with zero attached hydrogens (tertiary/aromatic N) is 3. The summed E-state index contributed by atoms with van der Waals surface area (Å²) in [4.78, 5) is 9.52. The summed E-state index contributed by atoms with van der Waals surface area (Å²) in [5, 5.41) is 0. The quantitative estimate of drug-likeness (QED) is 0.840. The normalized spacial score (nSPS) is 29.2. The minimum Gasteiger partial charge on any atom is -0.370 e. The molecule has 1 heterocycles. The van der Waals surface area contributed by atoms with Gasteiger partial charge in [0.15, 0.2) is 5.96 Å². The Balaban J connectivity index is 2.13. The maximum Gasteiger partial charge on any atom is 0.191 e. The van der Waals surface area contributed by atoms with E-state index in [0.717, 1.165) is 38.7 Å². The smallest absolute Gasteiger partial charge is 0.191 e. The number of aliphatic imine (C=N–C) groups is 1. The molecule has 0 bridgehead atoms. The van der Waals surface area contributed by atoms with Crippen molar-refractivity contribution in [3.8, 4) is 0 Å². The van der Waals surface area contributed by atoms with Crippen molar-refractivity contribution in [1.82, 2.24) is 9.80 Å². The van der Waals surface area contributed by atoms with Crippen molar-refractivity contribution < 1.29 is 0 Å². The summed E-state index contributed by atoms with van der Waals surface area (Å²) >= 11 is 0. The first kappa shape index (κ1) is 15.6.